The van der Waals surface area contributed by atoms with Crippen LogP contribution >= 0.6 is 24.8 Å². The van der Waals surface area contributed by atoms with E-state index >= 15 is 0 Å². The van der Waals surface area contributed by atoms with Crippen molar-refractivity contribution in [2.24, 2.45) is 0 Å². The highest BCUT2D eigenvalue weighted by Crippen LogP contribution is 2.29. The van der Waals surface area contributed by atoms with E-state index in [1.165, 1.54) is 0 Å². The van der Waals surface area contributed by atoms with Crippen molar-refractivity contribution < 1.29 is 18.3 Å². The number of benzene rings is 3. The van der Waals surface area contributed by atoms with Crippen LogP contribution in [0.2, 0.25) is 0 Å². The molecule has 3 aromatic carbocycles. The van der Waals surface area contributed by atoms with Gasteiger partial charge in [-0.1, -0.05) is 18.2 Å². The number of nitrogens with two attached hydrogens (primary N) is 1. The Morgan fingerprint density at radius 3 is 2.47 bits per heavy atom. The van der Waals surface area contributed by atoms with Crippen molar-refractivity contribution in [3.8, 4) is 5.75 Å². The molecule has 0 aliphatic rings. The number of aliphatic hydroxyl groups excluding tert-OH is 1. The third-order valence-corrected chi connectivity index (χ3v) is 5.66. The second kappa shape index (κ2) is 11.6. The normalized spacial score (nSPS) is 12.1. The fraction of sp³-hybridized carbons (Fsp3) is 0.217. The fourth-order valence-electron chi connectivity index (χ4n) is 3.62. The number of hydrogen-bond donors (Lipinski definition) is 5. The Bertz CT molecular complexity index is 1360. The Morgan fingerprint density at radius 2 is 1.74 bits per heavy atom. The van der Waals surface area contributed by atoms with Crippen molar-refractivity contribution in [3.63, 3.8) is 0 Å². The van der Waals surface area contributed by atoms with Gasteiger partial charge in [0.05, 0.1) is 17.9 Å². The fourth-order valence-corrected chi connectivity index (χ4v) is 4.17. The Balaban J connectivity index is 0.00000204. The summed E-state index contributed by atoms with van der Waals surface area (Å²) in [6.07, 6.45) is 0.315. The number of ether oxygens (including phenoxy) is 1. The topological polar surface area (TPSA) is 129 Å². The molecule has 6 N–H and O–H groups in total. The zero-order chi connectivity index (χ0) is 22.7. The van der Waals surface area contributed by atoms with Crippen LogP contribution in [0.1, 0.15) is 11.7 Å². The summed E-state index contributed by atoms with van der Waals surface area (Å²) >= 11 is 0. The van der Waals surface area contributed by atoms with Crippen molar-refractivity contribution >= 4 is 68.0 Å². The number of sulfonamides is 1. The van der Waals surface area contributed by atoms with Gasteiger partial charge in [-0.25, -0.2) is 8.42 Å². The van der Waals surface area contributed by atoms with Crippen molar-refractivity contribution in [2.45, 2.75) is 6.10 Å². The van der Waals surface area contributed by atoms with Gasteiger partial charge in [0.15, 0.2) is 0 Å². The van der Waals surface area contributed by atoms with Crippen molar-refractivity contribution in [1.82, 2.24) is 10.3 Å². The molecule has 0 radical (unpaired) electrons. The van der Waals surface area contributed by atoms with Gasteiger partial charge in [-0.15, -0.1) is 24.8 Å². The Labute approximate surface area is 210 Å². The summed E-state index contributed by atoms with van der Waals surface area (Å²) in [5.74, 6) is 0.749. The number of H-pyrrole nitrogens is 1. The van der Waals surface area contributed by atoms with Gasteiger partial charge < -0.3 is 25.9 Å². The van der Waals surface area contributed by atoms with Gasteiger partial charge in [-0.05, 0) is 42.0 Å². The maximum absolute atomic E-state index is 11.4. The van der Waals surface area contributed by atoms with E-state index in [9.17, 15) is 13.5 Å². The molecule has 184 valence electrons. The van der Waals surface area contributed by atoms with Crippen LogP contribution in [0.3, 0.4) is 0 Å². The van der Waals surface area contributed by atoms with E-state index in [0.717, 1.165) is 33.8 Å². The first-order chi connectivity index (χ1) is 15.3. The lowest BCUT2D eigenvalue weighted by atomic mass is 10.1. The largest absolute Gasteiger partial charge is 0.492 e. The van der Waals surface area contributed by atoms with Gasteiger partial charge in [0.2, 0.25) is 10.0 Å². The number of halogens is 2. The smallest absolute Gasteiger partial charge is 0.229 e. The molecule has 11 heteroatoms. The van der Waals surface area contributed by atoms with Crippen LogP contribution in [0.25, 0.3) is 21.8 Å². The number of nitrogen functional groups attached to an aromatic ring is 1. The number of rotatable bonds is 9. The van der Waals surface area contributed by atoms with Crippen molar-refractivity contribution in [2.75, 3.05) is 36.4 Å². The summed E-state index contributed by atoms with van der Waals surface area (Å²) in [6.45, 7) is 1.29. The van der Waals surface area contributed by atoms with Crippen molar-refractivity contribution in [1.29, 1.82) is 0 Å². The van der Waals surface area contributed by atoms with Crippen LogP contribution in [0.15, 0.2) is 60.7 Å². The highest BCUT2D eigenvalue weighted by atomic mass is 35.5. The van der Waals surface area contributed by atoms with Crippen LogP contribution in [-0.4, -0.2) is 44.5 Å². The summed E-state index contributed by atoms with van der Waals surface area (Å²) < 4.78 is 31.0. The minimum Gasteiger partial charge on any atom is -0.492 e. The van der Waals surface area contributed by atoms with E-state index in [0.29, 0.717) is 36.6 Å². The van der Waals surface area contributed by atoms with Gasteiger partial charge in [0, 0.05) is 46.8 Å². The number of aliphatic hydroxyl groups is 1. The van der Waals surface area contributed by atoms with Gasteiger partial charge >= 0.3 is 0 Å². The number of anilines is 2. The van der Waals surface area contributed by atoms with E-state index in [-0.39, 0.29) is 24.8 Å². The molecule has 0 spiro atoms. The quantitative estimate of drug-likeness (QED) is 0.166. The van der Waals surface area contributed by atoms with E-state index in [4.69, 9.17) is 10.5 Å². The second-order valence-corrected chi connectivity index (χ2v) is 9.45. The van der Waals surface area contributed by atoms with E-state index in [1.54, 1.807) is 24.3 Å². The van der Waals surface area contributed by atoms with Gasteiger partial charge in [0.25, 0.3) is 0 Å². The molecule has 1 aromatic heterocycles. The third-order valence-electron chi connectivity index (χ3n) is 5.05. The van der Waals surface area contributed by atoms with E-state index in [1.807, 2.05) is 36.4 Å². The summed E-state index contributed by atoms with van der Waals surface area (Å²) in [5, 5.41) is 15.8. The molecule has 0 saturated carbocycles. The Morgan fingerprint density at radius 1 is 1.03 bits per heavy atom. The van der Waals surface area contributed by atoms with Gasteiger partial charge in [-0.3, -0.25) is 4.72 Å². The summed E-state index contributed by atoms with van der Waals surface area (Å²) in [4.78, 5) is 3.36. The first kappa shape index (κ1) is 27.6. The maximum Gasteiger partial charge on any atom is 0.229 e. The van der Waals surface area contributed by atoms with Crippen LogP contribution < -0.4 is 20.5 Å². The standard InChI is InChI=1S/C23H26N4O4S.2ClH/c1-32(29,30)27-17-4-2-3-15(11-17)23(28)14-25-9-10-31-18-6-8-20-19-7-5-16(24)12-21(19)26-22(20)13-18;;/h2-8,11-13,23,25-28H,9-10,14,24H2,1H3;2*1H. The van der Waals surface area contributed by atoms with Crippen LogP contribution in [-0.2, 0) is 10.0 Å². The molecule has 0 fully saturated rings. The lowest BCUT2D eigenvalue weighted by molar-refractivity contribution is 0.172. The Kier molecular flexibility index (Phi) is 9.43. The molecule has 0 aliphatic heterocycles. The highest BCUT2D eigenvalue weighted by molar-refractivity contribution is 7.92. The zero-order valence-electron chi connectivity index (χ0n) is 18.4. The molecule has 4 aromatic rings. The number of nitrogens with one attached hydrogen (secondary N) is 3. The molecule has 8 nitrogen and oxygen atoms in total. The lowest BCUT2D eigenvalue weighted by Gasteiger charge is -2.14. The predicted molar refractivity (Wildman–Crippen MR) is 143 cm³/mol. The van der Waals surface area contributed by atoms with E-state index in [2.05, 4.69) is 15.0 Å². The maximum atomic E-state index is 11.4. The number of fused-ring (bicyclic) bond motifs is 3. The Hall–Kier alpha value is -2.69. The highest BCUT2D eigenvalue weighted by Gasteiger charge is 2.10. The predicted octanol–water partition coefficient (Wildman–Crippen LogP) is 3.82. The second-order valence-electron chi connectivity index (χ2n) is 7.71. The number of hydrogen-bond acceptors (Lipinski definition) is 6. The molecule has 1 heterocycles. The van der Waals surface area contributed by atoms with Gasteiger partial charge in [0.1, 0.15) is 12.4 Å². The SMILES string of the molecule is CS(=O)(=O)Nc1cccc(C(O)CNCCOc2ccc3c(c2)[nH]c2cc(N)ccc23)c1.Cl.Cl. The van der Waals surface area contributed by atoms with Crippen LogP contribution in [0, 0.1) is 0 Å². The summed E-state index contributed by atoms with van der Waals surface area (Å²) in [7, 11) is -3.37. The number of aromatic amines is 1. The molecule has 1 atom stereocenters. The minimum absolute atomic E-state index is 0. The zero-order valence-corrected chi connectivity index (χ0v) is 20.9. The molecule has 0 amide bonds. The van der Waals surface area contributed by atoms with Gasteiger partial charge in [-0.2, -0.15) is 0 Å². The molecule has 1 unspecified atom stereocenters. The molecule has 34 heavy (non-hydrogen) atoms. The molecule has 0 aliphatic carbocycles. The van der Waals surface area contributed by atoms with E-state index < -0.39 is 16.1 Å². The first-order valence-corrected chi connectivity index (χ1v) is 12.1. The minimum atomic E-state index is -3.37. The molecular weight excluding hydrogens is 499 g/mol. The first-order valence-electron chi connectivity index (χ1n) is 10.2. The molecule has 0 bridgehead atoms. The molecule has 0 saturated heterocycles. The average Bonchev–Trinajstić information content (AvgIpc) is 3.08. The monoisotopic (exact) mass is 526 g/mol. The average molecular weight is 527 g/mol. The summed E-state index contributed by atoms with van der Waals surface area (Å²) in [6, 6.07) is 18.4. The lowest BCUT2D eigenvalue weighted by Crippen LogP contribution is -2.26. The summed E-state index contributed by atoms with van der Waals surface area (Å²) in [5.41, 5.74) is 9.59. The number of aromatic nitrogens is 1. The van der Waals surface area contributed by atoms with Crippen molar-refractivity contribution in [3.05, 3.63) is 66.2 Å². The van der Waals surface area contributed by atoms with Crippen LogP contribution in [0.4, 0.5) is 11.4 Å². The third kappa shape index (κ3) is 6.91. The van der Waals surface area contributed by atoms with Crippen LogP contribution in [0.5, 0.6) is 5.75 Å². The molecule has 4 rings (SSSR count). The molecular formula is C23H28Cl2N4O4S.